The second-order valence-corrected chi connectivity index (χ2v) is 4.83. The highest BCUT2D eigenvalue weighted by atomic mass is 16.5. The Hall–Kier alpha value is -1.36. The van der Waals surface area contributed by atoms with E-state index in [1.807, 2.05) is 20.0 Å². The first-order valence-corrected chi connectivity index (χ1v) is 7.08. The largest absolute Gasteiger partial charge is 0.478 e. The third kappa shape index (κ3) is 4.35. The van der Waals surface area contributed by atoms with Crippen LogP contribution in [0.3, 0.4) is 0 Å². The van der Waals surface area contributed by atoms with Crippen LogP contribution in [-0.2, 0) is 11.3 Å². The van der Waals surface area contributed by atoms with Crippen molar-refractivity contribution in [1.82, 2.24) is 9.97 Å². The van der Waals surface area contributed by atoms with Gasteiger partial charge in [0.2, 0.25) is 5.88 Å². The molecule has 5 heteroatoms. The molecule has 2 rings (SSSR count). The molecular weight excluding hydrogens is 242 g/mol. The Bertz CT molecular complexity index is 394. The van der Waals surface area contributed by atoms with E-state index in [1.54, 1.807) is 0 Å². The van der Waals surface area contributed by atoms with Gasteiger partial charge in [-0.15, -0.1) is 0 Å². The van der Waals surface area contributed by atoms with E-state index >= 15 is 0 Å². The SMILES string of the molecule is CCOCc1nc(NC)cc(OCCC2CCC2)n1. The number of anilines is 1. The lowest BCUT2D eigenvalue weighted by molar-refractivity contribution is 0.127. The molecule has 0 saturated heterocycles. The lowest BCUT2D eigenvalue weighted by Crippen LogP contribution is -2.15. The van der Waals surface area contributed by atoms with E-state index in [4.69, 9.17) is 9.47 Å². The fraction of sp³-hybridized carbons (Fsp3) is 0.714. The minimum Gasteiger partial charge on any atom is -0.478 e. The highest BCUT2D eigenvalue weighted by Gasteiger charge is 2.17. The number of hydrogen-bond acceptors (Lipinski definition) is 5. The monoisotopic (exact) mass is 265 g/mol. The van der Waals surface area contributed by atoms with Crippen molar-refractivity contribution < 1.29 is 9.47 Å². The molecule has 0 aliphatic heterocycles. The van der Waals surface area contributed by atoms with E-state index in [0.717, 1.165) is 24.8 Å². The van der Waals surface area contributed by atoms with Crippen LogP contribution in [0, 0.1) is 5.92 Å². The van der Waals surface area contributed by atoms with Crippen molar-refractivity contribution in [3.8, 4) is 5.88 Å². The van der Waals surface area contributed by atoms with Gasteiger partial charge in [-0.25, -0.2) is 4.98 Å². The number of aromatic nitrogens is 2. The molecule has 5 nitrogen and oxygen atoms in total. The van der Waals surface area contributed by atoms with Crippen LogP contribution >= 0.6 is 0 Å². The highest BCUT2D eigenvalue weighted by Crippen LogP contribution is 2.29. The lowest BCUT2D eigenvalue weighted by Gasteiger charge is -2.24. The quantitative estimate of drug-likeness (QED) is 0.783. The Labute approximate surface area is 114 Å². The number of hydrogen-bond donors (Lipinski definition) is 1. The van der Waals surface area contributed by atoms with Crippen LogP contribution < -0.4 is 10.1 Å². The van der Waals surface area contributed by atoms with Crippen LogP contribution in [0.1, 0.15) is 38.4 Å². The molecule has 1 aliphatic carbocycles. The van der Waals surface area contributed by atoms with Gasteiger partial charge in [-0.05, 0) is 19.3 Å². The smallest absolute Gasteiger partial charge is 0.218 e. The Morgan fingerprint density at radius 1 is 1.37 bits per heavy atom. The Balaban J connectivity index is 1.89. The van der Waals surface area contributed by atoms with Crippen LogP contribution in [0.25, 0.3) is 0 Å². The van der Waals surface area contributed by atoms with Gasteiger partial charge in [-0.2, -0.15) is 4.98 Å². The van der Waals surface area contributed by atoms with Gasteiger partial charge in [0.1, 0.15) is 12.4 Å². The summed E-state index contributed by atoms with van der Waals surface area (Å²) in [6.07, 6.45) is 5.20. The lowest BCUT2D eigenvalue weighted by atomic mass is 9.83. The predicted molar refractivity (Wildman–Crippen MR) is 74.4 cm³/mol. The van der Waals surface area contributed by atoms with Gasteiger partial charge >= 0.3 is 0 Å². The molecule has 1 aliphatic rings. The summed E-state index contributed by atoms with van der Waals surface area (Å²) >= 11 is 0. The Morgan fingerprint density at radius 2 is 2.21 bits per heavy atom. The van der Waals surface area contributed by atoms with Crippen LogP contribution in [0.2, 0.25) is 0 Å². The molecule has 1 aromatic rings. The number of nitrogens with one attached hydrogen (secondary N) is 1. The molecule has 1 heterocycles. The van der Waals surface area contributed by atoms with Crippen molar-refractivity contribution in [2.75, 3.05) is 25.6 Å². The molecule has 0 aromatic carbocycles. The van der Waals surface area contributed by atoms with Crippen LogP contribution in [0.5, 0.6) is 5.88 Å². The first-order chi connectivity index (χ1) is 9.31. The molecule has 0 amide bonds. The molecule has 0 unspecified atom stereocenters. The minimum absolute atomic E-state index is 0.422. The molecule has 0 bridgehead atoms. The van der Waals surface area contributed by atoms with E-state index in [1.165, 1.54) is 19.3 Å². The van der Waals surface area contributed by atoms with E-state index in [2.05, 4.69) is 15.3 Å². The molecule has 1 N–H and O–H groups in total. The van der Waals surface area contributed by atoms with Gasteiger partial charge in [-0.1, -0.05) is 19.3 Å². The van der Waals surface area contributed by atoms with Gasteiger partial charge in [0.15, 0.2) is 5.82 Å². The van der Waals surface area contributed by atoms with Gasteiger partial charge in [-0.3, -0.25) is 0 Å². The molecule has 0 atom stereocenters. The summed E-state index contributed by atoms with van der Waals surface area (Å²) in [7, 11) is 1.84. The van der Waals surface area contributed by atoms with Crippen molar-refractivity contribution in [3.63, 3.8) is 0 Å². The Morgan fingerprint density at radius 3 is 2.84 bits per heavy atom. The molecule has 1 fully saturated rings. The first kappa shape index (κ1) is 14.1. The zero-order chi connectivity index (χ0) is 13.5. The van der Waals surface area contributed by atoms with E-state index < -0.39 is 0 Å². The van der Waals surface area contributed by atoms with Gasteiger partial charge < -0.3 is 14.8 Å². The molecule has 19 heavy (non-hydrogen) atoms. The normalized spacial score (nSPS) is 15.1. The summed E-state index contributed by atoms with van der Waals surface area (Å²) in [6, 6.07) is 1.83. The predicted octanol–water partition coefficient (Wildman–Crippen LogP) is 2.62. The standard InChI is InChI=1S/C14H23N3O2/c1-3-18-10-13-16-12(15-2)9-14(17-13)19-8-7-11-5-4-6-11/h9,11H,3-8,10H2,1-2H3,(H,15,16,17). The fourth-order valence-electron chi connectivity index (χ4n) is 2.04. The molecule has 1 aromatic heterocycles. The average molecular weight is 265 g/mol. The maximum atomic E-state index is 5.73. The fourth-order valence-corrected chi connectivity index (χ4v) is 2.04. The second kappa shape index (κ2) is 7.28. The van der Waals surface area contributed by atoms with E-state index in [0.29, 0.717) is 24.9 Å². The maximum Gasteiger partial charge on any atom is 0.218 e. The second-order valence-electron chi connectivity index (χ2n) is 4.83. The number of nitrogens with zero attached hydrogens (tertiary/aromatic N) is 2. The summed E-state index contributed by atoms with van der Waals surface area (Å²) in [5.74, 6) is 2.91. The minimum atomic E-state index is 0.422. The average Bonchev–Trinajstić information content (AvgIpc) is 2.39. The maximum absolute atomic E-state index is 5.73. The molecule has 1 saturated carbocycles. The topological polar surface area (TPSA) is 56.3 Å². The van der Waals surface area contributed by atoms with E-state index in [-0.39, 0.29) is 0 Å². The van der Waals surface area contributed by atoms with Crippen LogP contribution in [0.15, 0.2) is 6.07 Å². The highest BCUT2D eigenvalue weighted by molar-refractivity contribution is 5.37. The van der Waals surface area contributed by atoms with Crippen molar-refractivity contribution in [1.29, 1.82) is 0 Å². The zero-order valence-corrected chi connectivity index (χ0v) is 11.8. The Kier molecular flexibility index (Phi) is 5.39. The number of rotatable bonds is 8. The van der Waals surface area contributed by atoms with Gasteiger partial charge in [0, 0.05) is 19.7 Å². The third-order valence-electron chi connectivity index (χ3n) is 3.44. The summed E-state index contributed by atoms with van der Waals surface area (Å²) in [6.45, 7) is 3.77. The van der Waals surface area contributed by atoms with E-state index in [9.17, 15) is 0 Å². The molecule has 0 spiro atoms. The molecular formula is C14H23N3O2. The van der Waals surface area contributed by atoms with Crippen LogP contribution in [-0.4, -0.2) is 30.2 Å². The van der Waals surface area contributed by atoms with Crippen molar-refractivity contribution >= 4 is 5.82 Å². The van der Waals surface area contributed by atoms with Gasteiger partial charge in [0.05, 0.1) is 6.61 Å². The summed E-state index contributed by atoms with van der Waals surface area (Å²) in [5.41, 5.74) is 0. The van der Waals surface area contributed by atoms with Gasteiger partial charge in [0.25, 0.3) is 0 Å². The van der Waals surface area contributed by atoms with Crippen LogP contribution in [0.4, 0.5) is 5.82 Å². The van der Waals surface area contributed by atoms with Crippen molar-refractivity contribution in [3.05, 3.63) is 11.9 Å². The van der Waals surface area contributed by atoms with Crippen molar-refractivity contribution in [2.45, 2.75) is 39.2 Å². The summed E-state index contributed by atoms with van der Waals surface area (Å²) < 4.78 is 11.1. The molecule has 106 valence electrons. The summed E-state index contributed by atoms with van der Waals surface area (Å²) in [4.78, 5) is 8.69. The summed E-state index contributed by atoms with van der Waals surface area (Å²) in [5, 5.41) is 3.02. The molecule has 0 radical (unpaired) electrons. The van der Waals surface area contributed by atoms with Crippen molar-refractivity contribution in [2.24, 2.45) is 5.92 Å². The number of ether oxygens (including phenoxy) is 2. The third-order valence-corrected chi connectivity index (χ3v) is 3.44. The first-order valence-electron chi connectivity index (χ1n) is 7.08. The zero-order valence-electron chi connectivity index (χ0n) is 11.8.